The van der Waals surface area contributed by atoms with Crippen LogP contribution in [0, 0.1) is 0 Å². The molecule has 0 spiro atoms. The van der Waals surface area contributed by atoms with E-state index in [0.717, 1.165) is 23.6 Å². The molecule has 72 valence electrons. The van der Waals surface area contributed by atoms with Gasteiger partial charge in [-0.2, -0.15) is 0 Å². The normalized spacial score (nSPS) is 10.0. The fourth-order valence-corrected chi connectivity index (χ4v) is 1.50. The number of nitrogens with zero attached hydrogens (tertiary/aromatic N) is 2. The smallest absolute Gasteiger partial charge is 0.351 e. The third-order valence-electron chi connectivity index (χ3n) is 1.51. The van der Waals surface area contributed by atoms with Crippen LogP contribution in [0.25, 0.3) is 0 Å². The molecular formula is C8H12N2O2S. The Kier molecular flexibility index (Phi) is 3.82. The molecule has 4 nitrogen and oxygen atoms in total. The summed E-state index contributed by atoms with van der Waals surface area (Å²) in [5.74, 6) is -0.297. The average Bonchev–Trinajstić information content (AvgIpc) is 2.61. The maximum Gasteiger partial charge on any atom is 0.351 e. The number of carbonyl (C=O) groups is 1. The summed E-state index contributed by atoms with van der Waals surface area (Å²) in [5.41, 5.74) is 0.728. The van der Waals surface area contributed by atoms with Gasteiger partial charge >= 0.3 is 5.97 Å². The van der Waals surface area contributed by atoms with E-state index in [9.17, 15) is 4.79 Å². The van der Waals surface area contributed by atoms with Crippen molar-refractivity contribution in [1.29, 1.82) is 0 Å². The van der Waals surface area contributed by atoms with Gasteiger partial charge < -0.3 is 4.74 Å². The van der Waals surface area contributed by atoms with Gasteiger partial charge in [0.2, 0.25) is 0 Å². The molecule has 1 heterocycles. The van der Waals surface area contributed by atoms with Crippen LogP contribution in [-0.2, 0) is 11.2 Å². The monoisotopic (exact) mass is 200 g/mol. The first kappa shape index (κ1) is 10.1. The third kappa shape index (κ3) is 2.48. The van der Waals surface area contributed by atoms with Crippen LogP contribution >= 0.6 is 11.5 Å². The van der Waals surface area contributed by atoms with Crippen LogP contribution in [0.3, 0.4) is 0 Å². The number of hydrogen-bond acceptors (Lipinski definition) is 5. The van der Waals surface area contributed by atoms with Gasteiger partial charge in [0.05, 0.1) is 12.3 Å². The van der Waals surface area contributed by atoms with E-state index in [1.807, 2.05) is 13.8 Å². The zero-order chi connectivity index (χ0) is 9.68. The molecule has 0 radical (unpaired) electrons. The molecule has 0 unspecified atom stereocenters. The summed E-state index contributed by atoms with van der Waals surface area (Å²) in [6, 6.07) is 0. The molecule has 0 aliphatic heterocycles. The van der Waals surface area contributed by atoms with Crippen LogP contribution in [-0.4, -0.2) is 22.2 Å². The van der Waals surface area contributed by atoms with Crippen LogP contribution in [0.5, 0.6) is 0 Å². The summed E-state index contributed by atoms with van der Waals surface area (Å²) in [7, 11) is 0. The minimum atomic E-state index is -0.297. The highest BCUT2D eigenvalue weighted by Gasteiger charge is 2.15. The first-order chi connectivity index (χ1) is 6.29. The molecule has 0 bridgehead atoms. The van der Waals surface area contributed by atoms with Crippen molar-refractivity contribution in [3.8, 4) is 0 Å². The SMILES string of the molecule is CCCOC(=O)c1snnc1CC. The molecule has 0 aliphatic carbocycles. The summed E-state index contributed by atoms with van der Waals surface area (Å²) >= 11 is 1.10. The third-order valence-corrected chi connectivity index (χ3v) is 2.26. The van der Waals surface area contributed by atoms with E-state index < -0.39 is 0 Å². The second kappa shape index (κ2) is 4.91. The van der Waals surface area contributed by atoms with Gasteiger partial charge in [0.15, 0.2) is 4.88 Å². The number of ether oxygens (including phenoxy) is 1. The predicted octanol–water partition coefficient (Wildman–Crippen LogP) is 1.67. The van der Waals surface area contributed by atoms with Crippen molar-refractivity contribution in [1.82, 2.24) is 9.59 Å². The molecule has 0 atom stereocenters. The lowest BCUT2D eigenvalue weighted by Crippen LogP contribution is -2.06. The van der Waals surface area contributed by atoms with Gasteiger partial charge in [0.25, 0.3) is 0 Å². The first-order valence-electron chi connectivity index (χ1n) is 4.27. The Balaban J connectivity index is 2.65. The van der Waals surface area contributed by atoms with Crippen LogP contribution in [0.2, 0.25) is 0 Å². The van der Waals surface area contributed by atoms with Gasteiger partial charge in [-0.3, -0.25) is 0 Å². The van der Waals surface area contributed by atoms with Crippen LogP contribution in [0.1, 0.15) is 35.6 Å². The summed E-state index contributed by atoms with van der Waals surface area (Å²) in [4.78, 5) is 11.9. The van der Waals surface area contributed by atoms with Gasteiger partial charge in [-0.1, -0.05) is 18.3 Å². The van der Waals surface area contributed by atoms with E-state index >= 15 is 0 Å². The standard InChI is InChI=1S/C8H12N2O2S/c1-3-5-12-8(11)7-6(4-2)9-10-13-7/h3-5H2,1-2H3. The Morgan fingerprint density at radius 3 is 2.92 bits per heavy atom. The van der Waals surface area contributed by atoms with Crippen molar-refractivity contribution in [2.45, 2.75) is 26.7 Å². The maximum absolute atomic E-state index is 11.4. The quantitative estimate of drug-likeness (QED) is 0.694. The molecule has 0 saturated carbocycles. The van der Waals surface area contributed by atoms with Crippen molar-refractivity contribution < 1.29 is 9.53 Å². The molecule has 0 fully saturated rings. The topological polar surface area (TPSA) is 52.1 Å². The molecule has 1 aromatic rings. The van der Waals surface area contributed by atoms with Crippen LogP contribution in [0.15, 0.2) is 0 Å². The minimum absolute atomic E-state index is 0.297. The number of aromatic nitrogens is 2. The van der Waals surface area contributed by atoms with Gasteiger partial charge in [-0.25, -0.2) is 4.79 Å². The molecule has 5 heteroatoms. The molecule has 0 N–H and O–H groups in total. The van der Waals surface area contributed by atoms with Crippen LogP contribution < -0.4 is 0 Å². The maximum atomic E-state index is 11.4. The Hall–Kier alpha value is -0.970. The highest BCUT2D eigenvalue weighted by molar-refractivity contribution is 7.07. The summed E-state index contributed by atoms with van der Waals surface area (Å²) in [6.45, 7) is 4.35. The highest BCUT2D eigenvalue weighted by Crippen LogP contribution is 2.12. The van der Waals surface area contributed by atoms with Crippen molar-refractivity contribution in [2.24, 2.45) is 0 Å². The fourth-order valence-electron chi connectivity index (χ4n) is 0.855. The highest BCUT2D eigenvalue weighted by atomic mass is 32.1. The summed E-state index contributed by atoms with van der Waals surface area (Å²) in [6.07, 6.45) is 1.55. The van der Waals surface area contributed by atoms with E-state index in [2.05, 4.69) is 9.59 Å². The zero-order valence-electron chi connectivity index (χ0n) is 7.74. The second-order valence-corrected chi connectivity index (χ2v) is 3.29. The van der Waals surface area contributed by atoms with E-state index in [4.69, 9.17) is 4.74 Å². The number of esters is 1. The number of carbonyl (C=O) groups excluding carboxylic acids is 1. The summed E-state index contributed by atoms with van der Waals surface area (Å²) in [5, 5.41) is 3.83. The fraction of sp³-hybridized carbons (Fsp3) is 0.625. The van der Waals surface area contributed by atoms with Gasteiger partial charge in [0.1, 0.15) is 0 Å². The Morgan fingerprint density at radius 2 is 2.31 bits per heavy atom. The van der Waals surface area contributed by atoms with Gasteiger partial charge in [-0.15, -0.1) is 5.10 Å². The molecule has 0 aromatic carbocycles. The lowest BCUT2D eigenvalue weighted by Gasteiger charge is -2.00. The number of hydrogen-bond donors (Lipinski definition) is 0. The Bertz CT molecular complexity index is 285. The number of rotatable bonds is 4. The molecular weight excluding hydrogens is 188 g/mol. The lowest BCUT2D eigenvalue weighted by molar-refractivity contribution is 0.0509. The molecule has 0 amide bonds. The lowest BCUT2D eigenvalue weighted by atomic mass is 10.3. The van der Waals surface area contributed by atoms with Gasteiger partial charge in [-0.05, 0) is 24.4 Å². The molecule has 1 aromatic heterocycles. The van der Waals surface area contributed by atoms with Gasteiger partial charge in [0, 0.05) is 0 Å². The van der Waals surface area contributed by atoms with E-state index in [0.29, 0.717) is 17.9 Å². The Labute approximate surface area is 81.1 Å². The van der Waals surface area contributed by atoms with Crippen molar-refractivity contribution >= 4 is 17.5 Å². The average molecular weight is 200 g/mol. The van der Waals surface area contributed by atoms with Crippen molar-refractivity contribution in [3.05, 3.63) is 10.6 Å². The van der Waals surface area contributed by atoms with Crippen molar-refractivity contribution in [2.75, 3.05) is 6.61 Å². The van der Waals surface area contributed by atoms with Crippen molar-refractivity contribution in [3.63, 3.8) is 0 Å². The second-order valence-electron chi connectivity index (χ2n) is 2.54. The predicted molar refractivity (Wildman–Crippen MR) is 49.9 cm³/mol. The first-order valence-corrected chi connectivity index (χ1v) is 5.05. The van der Waals surface area contributed by atoms with Crippen LogP contribution in [0.4, 0.5) is 0 Å². The molecule has 1 rings (SSSR count). The largest absolute Gasteiger partial charge is 0.461 e. The summed E-state index contributed by atoms with van der Waals surface area (Å²) < 4.78 is 8.68. The van der Waals surface area contributed by atoms with E-state index in [-0.39, 0.29) is 5.97 Å². The Morgan fingerprint density at radius 1 is 1.54 bits per heavy atom. The zero-order valence-corrected chi connectivity index (χ0v) is 8.56. The minimum Gasteiger partial charge on any atom is -0.461 e. The van der Waals surface area contributed by atoms with E-state index in [1.165, 1.54) is 0 Å². The van der Waals surface area contributed by atoms with E-state index in [1.54, 1.807) is 0 Å². The molecule has 13 heavy (non-hydrogen) atoms. The number of aryl methyl sites for hydroxylation is 1. The molecule has 0 saturated heterocycles. The molecule has 0 aliphatic rings.